The Hall–Kier alpha value is -0.880. The van der Waals surface area contributed by atoms with Crippen molar-refractivity contribution in [2.45, 2.75) is 6.42 Å². The molecule has 0 saturated heterocycles. The van der Waals surface area contributed by atoms with Gasteiger partial charge in [-0.15, -0.1) is 0 Å². The molecule has 0 radical (unpaired) electrons. The highest BCUT2D eigenvalue weighted by Gasteiger charge is 2.68. The molecule has 2 bridgehead atoms. The minimum atomic E-state index is 0.639. The van der Waals surface area contributed by atoms with Crippen LogP contribution >= 0.6 is 0 Å². The molecule has 2 nitrogen and oxygen atoms in total. The van der Waals surface area contributed by atoms with Crippen LogP contribution in [0.3, 0.4) is 0 Å². The lowest BCUT2D eigenvalue weighted by Gasteiger charge is -1.95. The number of nitrogens with zero attached hydrogens (tertiary/aromatic N) is 2. The number of hydrogen-bond donors (Lipinski definition) is 0. The maximum atomic E-state index is 8.54. The zero-order valence-electron chi connectivity index (χ0n) is 5.57. The fourth-order valence-electron chi connectivity index (χ4n) is 2.68. The summed E-state index contributed by atoms with van der Waals surface area (Å²) in [7, 11) is 0. The van der Waals surface area contributed by atoms with E-state index in [2.05, 4.69) is 16.9 Å². The Morgan fingerprint density at radius 2 is 1.90 bits per heavy atom. The molecule has 2 saturated carbocycles. The highest BCUT2D eigenvalue weighted by atomic mass is 14.9. The quantitative estimate of drug-likeness (QED) is 0.269. The second-order valence-electron chi connectivity index (χ2n) is 3.52. The Kier molecular flexibility index (Phi) is 0.610. The summed E-state index contributed by atoms with van der Waals surface area (Å²) in [5.41, 5.74) is 9.60. The minimum Gasteiger partial charge on any atom is -0.362 e. The van der Waals surface area contributed by atoms with Crippen molar-refractivity contribution in [3.05, 3.63) is 17.7 Å². The SMILES string of the molecule is [N-]=[N+]=C1C2C3C=CC(C3)C12. The summed E-state index contributed by atoms with van der Waals surface area (Å²) in [6.07, 6.45) is 5.88. The van der Waals surface area contributed by atoms with Gasteiger partial charge in [0, 0.05) is 0 Å². The van der Waals surface area contributed by atoms with E-state index in [0.29, 0.717) is 11.8 Å². The summed E-state index contributed by atoms with van der Waals surface area (Å²) in [5, 5.41) is 0. The molecule has 0 spiro atoms. The first kappa shape index (κ1) is 4.86. The predicted molar refractivity (Wildman–Crippen MR) is 36.3 cm³/mol. The minimum absolute atomic E-state index is 0.639. The van der Waals surface area contributed by atoms with Gasteiger partial charge in [-0.05, 0) is 18.3 Å². The topological polar surface area (TPSA) is 36.4 Å². The molecule has 3 rings (SSSR count). The van der Waals surface area contributed by atoms with Crippen LogP contribution in [0.15, 0.2) is 12.2 Å². The van der Waals surface area contributed by atoms with Crippen LogP contribution in [0.2, 0.25) is 0 Å². The maximum Gasteiger partial charge on any atom is 0.277 e. The molecule has 0 aromatic heterocycles. The summed E-state index contributed by atoms with van der Waals surface area (Å²) < 4.78 is 0. The Morgan fingerprint density at radius 1 is 1.30 bits per heavy atom. The van der Waals surface area contributed by atoms with Gasteiger partial charge >= 0.3 is 0 Å². The first-order chi connectivity index (χ1) is 4.92. The number of hydrogen-bond acceptors (Lipinski definition) is 0. The van der Waals surface area contributed by atoms with Crippen molar-refractivity contribution in [2.75, 3.05) is 0 Å². The molecule has 10 heavy (non-hydrogen) atoms. The highest BCUT2D eigenvalue weighted by molar-refractivity contribution is 6.02. The smallest absolute Gasteiger partial charge is 0.277 e. The van der Waals surface area contributed by atoms with E-state index in [1.807, 2.05) is 0 Å². The van der Waals surface area contributed by atoms with E-state index >= 15 is 0 Å². The number of rotatable bonds is 0. The molecule has 2 fully saturated rings. The number of fused-ring (bicyclic) bond motifs is 5. The Balaban J connectivity index is 2.09. The fraction of sp³-hybridized carbons (Fsp3) is 0.625. The van der Waals surface area contributed by atoms with Crippen LogP contribution in [0.5, 0.6) is 0 Å². The van der Waals surface area contributed by atoms with Gasteiger partial charge in [-0.3, -0.25) is 0 Å². The van der Waals surface area contributed by atoms with Crippen molar-refractivity contribution in [3.8, 4) is 0 Å². The van der Waals surface area contributed by atoms with Crippen molar-refractivity contribution in [2.24, 2.45) is 23.7 Å². The van der Waals surface area contributed by atoms with Crippen LogP contribution in [0.1, 0.15) is 6.42 Å². The molecule has 0 N–H and O–H groups in total. The third kappa shape index (κ3) is 0.337. The van der Waals surface area contributed by atoms with Crippen LogP contribution < -0.4 is 0 Å². The van der Waals surface area contributed by atoms with E-state index in [1.54, 1.807) is 0 Å². The van der Waals surface area contributed by atoms with Gasteiger partial charge in [-0.2, -0.15) is 4.79 Å². The Labute approximate surface area is 59.2 Å². The molecule has 3 aliphatic rings. The lowest BCUT2D eigenvalue weighted by molar-refractivity contribution is -0.00489. The highest BCUT2D eigenvalue weighted by Crippen LogP contribution is 2.59. The lowest BCUT2D eigenvalue weighted by atomic mass is 10.1. The van der Waals surface area contributed by atoms with Crippen molar-refractivity contribution in [3.63, 3.8) is 0 Å². The summed E-state index contributed by atoms with van der Waals surface area (Å²) in [5.74, 6) is 2.72. The van der Waals surface area contributed by atoms with Gasteiger partial charge in [0.2, 0.25) is 0 Å². The molecule has 0 aromatic carbocycles. The van der Waals surface area contributed by atoms with Crippen molar-refractivity contribution in [1.82, 2.24) is 0 Å². The summed E-state index contributed by atoms with van der Waals surface area (Å²) >= 11 is 0. The molecule has 4 unspecified atom stereocenters. The van der Waals surface area contributed by atoms with E-state index in [1.165, 1.54) is 6.42 Å². The largest absolute Gasteiger partial charge is 0.362 e. The van der Waals surface area contributed by atoms with Gasteiger partial charge in [0.05, 0.1) is 11.8 Å². The first-order valence-corrected chi connectivity index (χ1v) is 3.82. The van der Waals surface area contributed by atoms with Gasteiger partial charge in [0.15, 0.2) is 0 Å². The Morgan fingerprint density at radius 3 is 2.40 bits per heavy atom. The summed E-state index contributed by atoms with van der Waals surface area (Å²) in [6, 6.07) is 0. The third-order valence-electron chi connectivity index (χ3n) is 3.15. The van der Waals surface area contributed by atoms with Crippen molar-refractivity contribution in [1.29, 1.82) is 0 Å². The van der Waals surface area contributed by atoms with Gasteiger partial charge in [0.25, 0.3) is 5.71 Å². The number of allylic oxidation sites excluding steroid dienone is 2. The molecule has 0 heterocycles. The second-order valence-corrected chi connectivity index (χ2v) is 3.52. The zero-order valence-corrected chi connectivity index (χ0v) is 5.57. The molecule has 50 valence electrons. The molecule has 2 heteroatoms. The molecular formula is C8H8N2. The van der Waals surface area contributed by atoms with E-state index in [-0.39, 0.29) is 0 Å². The average molecular weight is 132 g/mol. The second kappa shape index (κ2) is 1.25. The summed E-state index contributed by atoms with van der Waals surface area (Å²) in [4.78, 5) is 3.30. The van der Waals surface area contributed by atoms with Gasteiger partial charge < -0.3 is 5.53 Å². The normalized spacial score (nSPS) is 53.0. The van der Waals surface area contributed by atoms with Crippen molar-refractivity contribution < 1.29 is 4.79 Å². The molecule has 0 aliphatic heterocycles. The van der Waals surface area contributed by atoms with E-state index in [9.17, 15) is 0 Å². The van der Waals surface area contributed by atoms with Gasteiger partial charge in [0.1, 0.15) is 0 Å². The molecule has 0 aromatic rings. The maximum absolute atomic E-state index is 8.54. The monoisotopic (exact) mass is 132 g/mol. The standard InChI is InChI=1S/C8H8N2/c9-10-8-6-4-1-2-5(3-4)7(6)8/h1-2,4-7H,3H2. The fourth-order valence-corrected chi connectivity index (χ4v) is 2.68. The van der Waals surface area contributed by atoms with Crippen LogP contribution in [0.4, 0.5) is 0 Å². The predicted octanol–water partition coefficient (Wildman–Crippen LogP) is 1.11. The lowest BCUT2D eigenvalue weighted by Crippen LogP contribution is -1.97. The van der Waals surface area contributed by atoms with E-state index in [4.69, 9.17) is 5.53 Å². The van der Waals surface area contributed by atoms with Crippen LogP contribution in [0, 0.1) is 23.7 Å². The van der Waals surface area contributed by atoms with Crippen LogP contribution in [-0.4, -0.2) is 10.5 Å². The molecule has 4 atom stereocenters. The first-order valence-electron chi connectivity index (χ1n) is 3.82. The van der Waals surface area contributed by atoms with Gasteiger partial charge in [-0.25, -0.2) is 0 Å². The average Bonchev–Trinajstić information content (AvgIpc) is 2.36. The van der Waals surface area contributed by atoms with Gasteiger partial charge in [-0.1, -0.05) is 12.2 Å². The van der Waals surface area contributed by atoms with Crippen molar-refractivity contribution >= 4 is 5.71 Å². The molecule has 3 aliphatic carbocycles. The van der Waals surface area contributed by atoms with Crippen LogP contribution in [-0.2, 0) is 0 Å². The van der Waals surface area contributed by atoms with E-state index < -0.39 is 0 Å². The van der Waals surface area contributed by atoms with E-state index in [0.717, 1.165) is 17.5 Å². The molecular weight excluding hydrogens is 124 g/mol. The molecule has 0 amide bonds. The van der Waals surface area contributed by atoms with Crippen LogP contribution in [0.25, 0.3) is 5.53 Å². The third-order valence-corrected chi connectivity index (χ3v) is 3.15. The zero-order chi connectivity index (χ0) is 6.72. The summed E-state index contributed by atoms with van der Waals surface area (Å²) in [6.45, 7) is 0. The Bertz CT molecular complexity index is 253.